The Labute approximate surface area is 115 Å². The predicted molar refractivity (Wildman–Crippen MR) is 73.8 cm³/mol. The summed E-state index contributed by atoms with van der Waals surface area (Å²) in [5, 5.41) is 4.70. The molecule has 0 saturated heterocycles. The Bertz CT molecular complexity index is 475. The summed E-state index contributed by atoms with van der Waals surface area (Å²) in [6.45, 7) is 2.00. The minimum Gasteiger partial charge on any atom is -0.146 e. The molecular formula is C10H7BrCl2S2. The number of hydrogen-bond donors (Lipinski definition) is 0. The molecule has 0 aromatic carbocycles. The zero-order valence-electron chi connectivity index (χ0n) is 7.76. The number of hydrogen-bond acceptors (Lipinski definition) is 2. The molecule has 0 saturated carbocycles. The Kier molecular flexibility index (Phi) is 3.79. The van der Waals surface area contributed by atoms with Crippen molar-refractivity contribution in [2.75, 3.05) is 0 Å². The van der Waals surface area contributed by atoms with Gasteiger partial charge >= 0.3 is 0 Å². The Hall–Kier alpha value is 0.460. The number of rotatable bonds is 2. The van der Waals surface area contributed by atoms with Gasteiger partial charge in [-0.1, -0.05) is 11.6 Å². The van der Waals surface area contributed by atoms with Gasteiger partial charge in [0.25, 0.3) is 0 Å². The lowest BCUT2D eigenvalue weighted by Crippen LogP contribution is -1.88. The topological polar surface area (TPSA) is 0 Å². The van der Waals surface area contributed by atoms with Crippen molar-refractivity contribution in [3.63, 3.8) is 0 Å². The van der Waals surface area contributed by atoms with Crippen LogP contribution in [0.15, 0.2) is 21.3 Å². The standard InChI is InChI=1S/C10H7BrCl2S2/c1-5-4-15-10(7(5)12)8(13)9-6(11)2-3-14-9/h2-4,8H,1H3. The maximum absolute atomic E-state index is 6.40. The first-order valence-corrected chi connectivity index (χ1v) is 7.58. The van der Waals surface area contributed by atoms with Crippen LogP contribution in [0.3, 0.4) is 0 Å². The average Bonchev–Trinajstić information content (AvgIpc) is 2.75. The molecule has 0 aliphatic heterocycles. The molecular weight excluding hydrogens is 335 g/mol. The Balaban J connectivity index is 2.41. The van der Waals surface area contributed by atoms with Gasteiger partial charge in [-0.15, -0.1) is 34.3 Å². The van der Waals surface area contributed by atoms with E-state index < -0.39 is 0 Å². The molecule has 15 heavy (non-hydrogen) atoms. The van der Waals surface area contributed by atoms with E-state index in [0.29, 0.717) is 0 Å². The van der Waals surface area contributed by atoms with Gasteiger partial charge < -0.3 is 0 Å². The molecule has 2 aromatic heterocycles. The van der Waals surface area contributed by atoms with Gasteiger partial charge in [0.2, 0.25) is 0 Å². The van der Waals surface area contributed by atoms with Gasteiger partial charge in [-0.2, -0.15) is 0 Å². The summed E-state index contributed by atoms with van der Waals surface area (Å²) < 4.78 is 1.05. The Morgan fingerprint density at radius 3 is 2.53 bits per heavy atom. The van der Waals surface area contributed by atoms with E-state index in [-0.39, 0.29) is 5.38 Å². The van der Waals surface area contributed by atoms with E-state index in [2.05, 4.69) is 15.9 Å². The molecule has 5 heteroatoms. The second-order valence-corrected chi connectivity index (χ2v) is 6.62. The van der Waals surface area contributed by atoms with E-state index in [1.807, 2.05) is 23.8 Å². The molecule has 0 nitrogen and oxygen atoms in total. The molecule has 1 unspecified atom stereocenters. The summed E-state index contributed by atoms with van der Waals surface area (Å²) in [5.41, 5.74) is 1.09. The van der Waals surface area contributed by atoms with Gasteiger partial charge in [0.1, 0.15) is 5.38 Å². The fourth-order valence-corrected chi connectivity index (χ4v) is 4.89. The zero-order valence-corrected chi connectivity index (χ0v) is 12.5. The third-order valence-corrected chi connectivity index (χ3v) is 6.44. The third kappa shape index (κ3) is 2.27. The van der Waals surface area contributed by atoms with Crippen molar-refractivity contribution in [2.45, 2.75) is 12.3 Å². The number of alkyl halides is 1. The van der Waals surface area contributed by atoms with E-state index in [1.165, 1.54) is 0 Å². The molecule has 0 bridgehead atoms. The first-order chi connectivity index (χ1) is 7.11. The van der Waals surface area contributed by atoms with Crippen molar-refractivity contribution in [1.29, 1.82) is 0 Å². The number of halogens is 3. The first kappa shape index (κ1) is 11.9. The van der Waals surface area contributed by atoms with Gasteiger partial charge in [-0.05, 0) is 45.2 Å². The monoisotopic (exact) mass is 340 g/mol. The molecule has 0 N–H and O–H groups in total. The number of aryl methyl sites for hydroxylation is 1. The maximum Gasteiger partial charge on any atom is 0.105 e. The molecule has 1 atom stereocenters. The quantitative estimate of drug-likeness (QED) is 0.600. The first-order valence-electron chi connectivity index (χ1n) is 4.21. The van der Waals surface area contributed by atoms with Crippen molar-refractivity contribution in [2.24, 2.45) is 0 Å². The summed E-state index contributed by atoms with van der Waals surface area (Å²) in [4.78, 5) is 2.14. The van der Waals surface area contributed by atoms with Crippen molar-refractivity contribution in [3.8, 4) is 0 Å². The van der Waals surface area contributed by atoms with Crippen LogP contribution in [0.1, 0.15) is 20.7 Å². The van der Waals surface area contributed by atoms with Crippen LogP contribution < -0.4 is 0 Å². The lowest BCUT2D eigenvalue weighted by molar-refractivity contribution is 1.22. The van der Waals surface area contributed by atoms with Crippen molar-refractivity contribution < 1.29 is 0 Å². The van der Waals surface area contributed by atoms with Crippen LogP contribution in [0.2, 0.25) is 5.02 Å². The molecule has 0 aliphatic carbocycles. The molecule has 0 aliphatic rings. The van der Waals surface area contributed by atoms with E-state index in [9.17, 15) is 0 Å². The van der Waals surface area contributed by atoms with Crippen LogP contribution in [0.25, 0.3) is 0 Å². The second kappa shape index (κ2) is 4.76. The second-order valence-electron chi connectivity index (χ2n) is 3.09. The van der Waals surface area contributed by atoms with E-state index in [1.54, 1.807) is 22.7 Å². The van der Waals surface area contributed by atoms with Crippen LogP contribution in [0, 0.1) is 6.92 Å². The van der Waals surface area contributed by atoms with Crippen molar-refractivity contribution >= 4 is 61.8 Å². The summed E-state index contributed by atoms with van der Waals surface area (Å²) >= 11 is 19.3. The molecule has 2 aromatic rings. The van der Waals surface area contributed by atoms with E-state index in [4.69, 9.17) is 23.2 Å². The van der Waals surface area contributed by atoms with Gasteiger partial charge in [0, 0.05) is 14.2 Å². The SMILES string of the molecule is Cc1csc(C(Cl)c2sccc2Br)c1Cl. The summed E-state index contributed by atoms with van der Waals surface area (Å²) in [5.74, 6) is 0. The molecule has 80 valence electrons. The van der Waals surface area contributed by atoms with Crippen LogP contribution in [-0.2, 0) is 0 Å². The number of thiophene rings is 2. The van der Waals surface area contributed by atoms with E-state index in [0.717, 1.165) is 24.8 Å². The zero-order chi connectivity index (χ0) is 11.0. The minimum absolute atomic E-state index is 0.148. The van der Waals surface area contributed by atoms with Crippen LogP contribution in [0.4, 0.5) is 0 Å². The molecule has 0 spiro atoms. The maximum atomic E-state index is 6.40. The van der Waals surface area contributed by atoms with Gasteiger partial charge in [-0.25, -0.2) is 0 Å². The third-order valence-electron chi connectivity index (χ3n) is 2.03. The minimum atomic E-state index is -0.148. The largest absolute Gasteiger partial charge is 0.146 e. The molecule has 0 fully saturated rings. The normalized spacial score (nSPS) is 13.1. The smallest absolute Gasteiger partial charge is 0.105 e. The highest BCUT2D eigenvalue weighted by molar-refractivity contribution is 9.10. The average molecular weight is 342 g/mol. The lowest BCUT2D eigenvalue weighted by atomic mass is 10.2. The molecule has 2 rings (SSSR count). The summed E-state index contributed by atoms with van der Waals surface area (Å²) in [6, 6.07) is 2.00. The van der Waals surface area contributed by atoms with Gasteiger partial charge in [-0.3, -0.25) is 0 Å². The summed E-state index contributed by atoms with van der Waals surface area (Å²) in [7, 11) is 0. The van der Waals surface area contributed by atoms with Crippen LogP contribution in [0.5, 0.6) is 0 Å². The van der Waals surface area contributed by atoms with Crippen molar-refractivity contribution in [1.82, 2.24) is 0 Å². The highest BCUT2D eigenvalue weighted by Gasteiger charge is 2.20. The fraction of sp³-hybridized carbons (Fsp3) is 0.200. The Morgan fingerprint density at radius 1 is 1.33 bits per heavy atom. The Morgan fingerprint density at radius 2 is 2.07 bits per heavy atom. The fourth-order valence-electron chi connectivity index (χ4n) is 1.23. The summed E-state index contributed by atoms with van der Waals surface area (Å²) in [6.07, 6.45) is 0. The van der Waals surface area contributed by atoms with Crippen molar-refractivity contribution in [3.05, 3.63) is 41.6 Å². The van der Waals surface area contributed by atoms with E-state index >= 15 is 0 Å². The molecule has 0 radical (unpaired) electrons. The van der Waals surface area contributed by atoms with Crippen LogP contribution in [-0.4, -0.2) is 0 Å². The predicted octanol–water partition coefficient (Wildman–Crippen LogP) is 5.86. The highest BCUT2D eigenvalue weighted by atomic mass is 79.9. The lowest BCUT2D eigenvalue weighted by Gasteiger charge is -2.06. The molecule has 2 heterocycles. The molecule has 0 amide bonds. The highest BCUT2D eigenvalue weighted by Crippen LogP contribution is 2.43. The van der Waals surface area contributed by atoms with Crippen LogP contribution >= 0.6 is 61.8 Å². The van der Waals surface area contributed by atoms with Gasteiger partial charge in [0.15, 0.2) is 0 Å². The van der Waals surface area contributed by atoms with Gasteiger partial charge in [0.05, 0.1) is 5.02 Å².